The third-order valence-corrected chi connectivity index (χ3v) is 1.95. The molecule has 0 bridgehead atoms. The van der Waals surface area contributed by atoms with Gasteiger partial charge in [-0.2, -0.15) is 0 Å². The van der Waals surface area contributed by atoms with Crippen molar-refractivity contribution < 1.29 is 9.53 Å². The Morgan fingerprint density at radius 2 is 1.88 bits per heavy atom. The highest BCUT2D eigenvalue weighted by molar-refractivity contribution is 5.72. The number of ether oxygens (including phenoxy) is 1. The van der Waals surface area contributed by atoms with Crippen molar-refractivity contribution in [1.29, 1.82) is 0 Å². The van der Waals surface area contributed by atoms with Gasteiger partial charge in [0.25, 0.3) is 0 Å². The number of esters is 1. The van der Waals surface area contributed by atoms with Crippen LogP contribution in [0, 0.1) is 5.92 Å². The van der Waals surface area contributed by atoms with Crippen LogP contribution in [0.2, 0.25) is 0 Å². The van der Waals surface area contributed by atoms with Crippen LogP contribution in [0.1, 0.15) is 60.8 Å². The predicted molar refractivity (Wildman–Crippen MR) is 70.4 cm³/mol. The van der Waals surface area contributed by atoms with E-state index in [1.165, 1.54) is 0 Å². The fourth-order valence-electron chi connectivity index (χ4n) is 1.23. The smallest absolute Gasteiger partial charge is 0.310 e. The second kappa shape index (κ2) is 12.3. The van der Waals surface area contributed by atoms with Gasteiger partial charge in [0.05, 0.1) is 6.42 Å². The number of rotatable bonds is 3. The second-order valence-electron chi connectivity index (χ2n) is 3.63. The Morgan fingerprint density at radius 3 is 2.31 bits per heavy atom. The average molecular weight is 228 g/mol. The molecule has 0 amide bonds. The van der Waals surface area contributed by atoms with Crippen molar-refractivity contribution in [1.82, 2.24) is 0 Å². The molecule has 0 aromatic heterocycles. The average Bonchev–Trinajstić information content (AvgIpc) is 2.32. The molecule has 2 heteroatoms. The standard InChI is InChI=1S/C10H16O2.2C2H6/c1-8(2)6-7-9-4-3-5-10(11)12-9;2*1-2/h3-4,8-9H,5-7H2,1-2H3;2*1-2H3/t9-;;/m1../s1. The van der Waals surface area contributed by atoms with E-state index in [9.17, 15) is 4.79 Å². The van der Waals surface area contributed by atoms with E-state index >= 15 is 0 Å². The molecule has 0 unspecified atom stereocenters. The molecular weight excluding hydrogens is 200 g/mol. The predicted octanol–water partition coefficient (Wildman–Crippen LogP) is 4.35. The molecule has 0 spiro atoms. The summed E-state index contributed by atoms with van der Waals surface area (Å²) in [5.74, 6) is 0.588. The Kier molecular flexibility index (Phi) is 13.5. The maximum absolute atomic E-state index is 10.8. The van der Waals surface area contributed by atoms with E-state index in [2.05, 4.69) is 13.8 Å². The summed E-state index contributed by atoms with van der Waals surface area (Å²) in [5.41, 5.74) is 0. The fourth-order valence-corrected chi connectivity index (χ4v) is 1.23. The van der Waals surface area contributed by atoms with Gasteiger partial charge in [-0.15, -0.1) is 0 Å². The third-order valence-electron chi connectivity index (χ3n) is 1.95. The maximum atomic E-state index is 10.8. The maximum Gasteiger partial charge on any atom is 0.310 e. The Labute approximate surface area is 101 Å². The molecule has 0 saturated heterocycles. The van der Waals surface area contributed by atoms with Gasteiger partial charge >= 0.3 is 5.97 Å². The number of cyclic esters (lactones) is 1. The van der Waals surface area contributed by atoms with Gasteiger partial charge in [0, 0.05) is 0 Å². The van der Waals surface area contributed by atoms with E-state index in [4.69, 9.17) is 4.74 Å². The van der Waals surface area contributed by atoms with Crippen LogP contribution in [-0.2, 0) is 9.53 Å². The molecule has 1 aliphatic heterocycles. The molecule has 0 aromatic carbocycles. The van der Waals surface area contributed by atoms with Crippen molar-refractivity contribution >= 4 is 5.97 Å². The topological polar surface area (TPSA) is 26.3 Å². The van der Waals surface area contributed by atoms with Crippen molar-refractivity contribution in [2.24, 2.45) is 5.92 Å². The molecule has 16 heavy (non-hydrogen) atoms. The zero-order chi connectivity index (χ0) is 13.0. The van der Waals surface area contributed by atoms with Crippen LogP contribution in [-0.4, -0.2) is 12.1 Å². The van der Waals surface area contributed by atoms with Crippen LogP contribution in [0.3, 0.4) is 0 Å². The first-order valence-electron chi connectivity index (χ1n) is 6.54. The third kappa shape index (κ3) is 9.75. The molecule has 2 nitrogen and oxygen atoms in total. The summed E-state index contributed by atoms with van der Waals surface area (Å²) in [5, 5.41) is 0. The summed E-state index contributed by atoms with van der Waals surface area (Å²) in [6, 6.07) is 0. The van der Waals surface area contributed by atoms with Crippen molar-refractivity contribution in [2.75, 3.05) is 0 Å². The van der Waals surface area contributed by atoms with Gasteiger partial charge in [0.2, 0.25) is 0 Å². The Bertz CT molecular complexity index is 183. The summed E-state index contributed by atoms with van der Waals surface area (Å²) in [7, 11) is 0. The first-order valence-corrected chi connectivity index (χ1v) is 6.54. The largest absolute Gasteiger partial charge is 0.458 e. The van der Waals surface area contributed by atoms with E-state index < -0.39 is 0 Å². The Balaban J connectivity index is 0. The van der Waals surface area contributed by atoms with Gasteiger partial charge in [-0.1, -0.05) is 47.6 Å². The zero-order valence-corrected chi connectivity index (χ0v) is 11.7. The summed E-state index contributed by atoms with van der Waals surface area (Å²) < 4.78 is 5.11. The lowest BCUT2D eigenvalue weighted by molar-refractivity contribution is -0.147. The van der Waals surface area contributed by atoms with Crippen molar-refractivity contribution in [2.45, 2.75) is 66.9 Å². The molecule has 1 rings (SSSR count). The van der Waals surface area contributed by atoms with Crippen LogP contribution in [0.25, 0.3) is 0 Å². The molecule has 0 aliphatic carbocycles. The highest BCUT2D eigenvalue weighted by Gasteiger charge is 2.14. The monoisotopic (exact) mass is 228 g/mol. The van der Waals surface area contributed by atoms with E-state index in [1.807, 2.05) is 39.8 Å². The first kappa shape index (κ1) is 17.6. The molecule has 0 aromatic rings. The van der Waals surface area contributed by atoms with E-state index in [0.717, 1.165) is 12.8 Å². The van der Waals surface area contributed by atoms with Gasteiger partial charge in [0.1, 0.15) is 6.10 Å². The number of hydrogen-bond donors (Lipinski definition) is 0. The van der Waals surface area contributed by atoms with E-state index in [-0.39, 0.29) is 12.1 Å². The number of carbonyl (C=O) groups excluding carboxylic acids is 1. The molecule has 0 saturated carbocycles. The van der Waals surface area contributed by atoms with Gasteiger partial charge in [0.15, 0.2) is 0 Å². The molecule has 1 atom stereocenters. The first-order chi connectivity index (χ1) is 7.68. The summed E-state index contributed by atoms with van der Waals surface area (Å²) in [6.45, 7) is 12.3. The van der Waals surface area contributed by atoms with Crippen molar-refractivity contribution in [3.05, 3.63) is 12.2 Å². The number of carbonyl (C=O) groups is 1. The summed E-state index contributed by atoms with van der Waals surface area (Å²) >= 11 is 0. The van der Waals surface area contributed by atoms with Gasteiger partial charge in [-0.3, -0.25) is 4.79 Å². The zero-order valence-electron chi connectivity index (χ0n) is 11.7. The Hall–Kier alpha value is -0.790. The van der Waals surface area contributed by atoms with E-state index in [0.29, 0.717) is 12.3 Å². The van der Waals surface area contributed by atoms with Crippen LogP contribution in [0.15, 0.2) is 12.2 Å². The lowest BCUT2D eigenvalue weighted by Crippen LogP contribution is -2.19. The lowest BCUT2D eigenvalue weighted by Gasteiger charge is -2.18. The molecular formula is C14H28O2. The molecule has 96 valence electrons. The molecule has 0 fully saturated rings. The minimum Gasteiger partial charge on any atom is -0.458 e. The van der Waals surface area contributed by atoms with Crippen LogP contribution in [0.5, 0.6) is 0 Å². The Morgan fingerprint density at radius 1 is 1.31 bits per heavy atom. The van der Waals surface area contributed by atoms with Crippen LogP contribution >= 0.6 is 0 Å². The van der Waals surface area contributed by atoms with Crippen molar-refractivity contribution in [3.8, 4) is 0 Å². The molecule has 1 aliphatic rings. The van der Waals surface area contributed by atoms with Gasteiger partial charge in [-0.25, -0.2) is 0 Å². The fraction of sp³-hybridized carbons (Fsp3) is 0.786. The highest BCUT2D eigenvalue weighted by Crippen LogP contribution is 2.14. The van der Waals surface area contributed by atoms with Gasteiger partial charge in [-0.05, 0) is 24.8 Å². The highest BCUT2D eigenvalue weighted by atomic mass is 16.5. The van der Waals surface area contributed by atoms with Gasteiger partial charge < -0.3 is 4.74 Å². The summed E-state index contributed by atoms with van der Waals surface area (Å²) in [6.07, 6.45) is 6.44. The second-order valence-corrected chi connectivity index (χ2v) is 3.63. The van der Waals surface area contributed by atoms with Crippen LogP contribution in [0.4, 0.5) is 0 Å². The normalized spacial score (nSPS) is 17.9. The quantitative estimate of drug-likeness (QED) is 0.530. The molecule has 0 radical (unpaired) electrons. The van der Waals surface area contributed by atoms with E-state index in [1.54, 1.807) is 0 Å². The minimum atomic E-state index is -0.0914. The SMILES string of the molecule is CC.CC.CC(C)CC[C@H]1C=CCC(=O)O1. The molecule has 0 N–H and O–H groups in total. The van der Waals surface area contributed by atoms with Crippen molar-refractivity contribution in [3.63, 3.8) is 0 Å². The molecule has 1 heterocycles. The summed E-state index contributed by atoms with van der Waals surface area (Å²) in [4.78, 5) is 10.8. The minimum absolute atomic E-state index is 0.0358. The van der Waals surface area contributed by atoms with Crippen LogP contribution < -0.4 is 0 Å². The lowest BCUT2D eigenvalue weighted by atomic mass is 10.0. The number of hydrogen-bond acceptors (Lipinski definition) is 2.